The Kier molecular flexibility index (Phi) is 6.16. The fourth-order valence-corrected chi connectivity index (χ4v) is 2.40. The van der Waals surface area contributed by atoms with Gasteiger partial charge in [-0.25, -0.2) is 0 Å². The number of fused-ring (bicyclic) bond motifs is 1. The average Bonchev–Trinajstić information content (AvgIpc) is 2.47. The third-order valence-corrected chi connectivity index (χ3v) is 3.50. The molecule has 1 aliphatic heterocycles. The zero-order valence-corrected chi connectivity index (χ0v) is 12.1. The lowest BCUT2D eigenvalue weighted by Crippen LogP contribution is -2.35. The van der Waals surface area contributed by atoms with Crippen LogP contribution in [0.25, 0.3) is 0 Å². The molecular weight excluding hydrogens is 222 g/mol. The summed E-state index contributed by atoms with van der Waals surface area (Å²) >= 11 is 0. The molecule has 4 N–H and O–H groups in total. The van der Waals surface area contributed by atoms with Crippen molar-refractivity contribution in [2.24, 2.45) is 5.84 Å². The molecule has 1 atom stereocenters. The highest BCUT2D eigenvalue weighted by molar-refractivity contribution is 5.55. The van der Waals surface area contributed by atoms with Gasteiger partial charge in [-0.1, -0.05) is 33.8 Å². The Morgan fingerprint density at radius 2 is 2.00 bits per heavy atom. The zero-order valence-electron chi connectivity index (χ0n) is 12.1. The van der Waals surface area contributed by atoms with E-state index >= 15 is 0 Å². The molecule has 0 fully saturated rings. The molecule has 0 spiro atoms. The minimum Gasteiger partial charge on any atom is -0.324 e. The third-order valence-electron chi connectivity index (χ3n) is 3.50. The molecule has 0 radical (unpaired) electrons. The molecule has 3 heteroatoms. The van der Waals surface area contributed by atoms with Gasteiger partial charge in [-0.2, -0.15) is 0 Å². The summed E-state index contributed by atoms with van der Waals surface area (Å²) in [5, 5.41) is 3.56. The SMILES string of the molecule is CC.CCc1cc2c(cc1NN)CC(CC)NC2. The number of hydrazine groups is 1. The molecule has 0 bridgehead atoms. The molecule has 0 aromatic heterocycles. The van der Waals surface area contributed by atoms with E-state index in [1.807, 2.05) is 13.8 Å². The summed E-state index contributed by atoms with van der Waals surface area (Å²) in [7, 11) is 0. The number of anilines is 1. The lowest BCUT2D eigenvalue weighted by molar-refractivity contribution is 0.467. The van der Waals surface area contributed by atoms with Gasteiger partial charge in [0.15, 0.2) is 0 Å². The van der Waals surface area contributed by atoms with E-state index in [9.17, 15) is 0 Å². The molecule has 0 amide bonds. The van der Waals surface area contributed by atoms with Crippen LogP contribution in [0.3, 0.4) is 0 Å². The number of nitrogens with two attached hydrogens (primary N) is 1. The van der Waals surface area contributed by atoms with Crippen molar-refractivity contribution in [2.75, 3.05) is 5.43 Å². The second-order valence-electron chi connectivity index (χ2n) is 4.47. The van der Waals surface area contributed by atoms with Crippen LogP contribution in [0.2, 0.25) is 0 Å². The predicted octanol–water partition coefficient (Wildman–Crippen LogP) is 2.99. The zero-order chi connectivity index (χ0) is 13.5. The quantitative estimate of drug-likeness (QED) is 0.570. The number of nitrogen functional groups attached to an aromatic ring is 1. The van der Waals surface area contributed by atoms with E-state index in [0.717, 1.165) is 25.1 Å². The van der Waals surface area contributed by atoms with Crippen molar-refractivity contribution in [1.82, 2.24) is 5.32 Å². The first-order valence-corrected chi connectivity index (χ1v) is 7.13. The number of rotatable bonds is 3. The highest BCUT2D eigenvalue weighted by Gasteiger charge is 2.17. The molecular formula is C15H27N3. The first-order valence-electron chi connectivity index (χ1n) is 7.13. The van der Waals surface area contributed by atoms with Crippen molar-refractivity contribution in [3.63, 3.8) is 0 Å². The molecule has 1 aromatic rings. The van der Waals surface area contributed by atoms with Crippen LogP contribution in [-0.2, 0) is 19.4 Å². The van der Waals surface area contributed by atoms with Crippen molar-refractivity contribution >= 4 is 5.69 Å². The van der Waals surface area contributed by atoms with Crippen molar-refractivity contribution in [1.29, 1.82) is 0 Å². The number of hydrogen-bond donors (Lipinski definition) is 3. The predicted molar refractivity (Wildman–Crippen MR) is 79.6 cm³/mol. The van der Waals surface area contributed by atoms with Gasteiger partial charge in [0.2, 0.25) is 0 Å². The minimum absolute atomic E-state index is 0.616. The summed E-state index contributed by atoms with van der Waals surface area (Å²) in [4.78, 5) is 0. The Labute approximate surface area is 111 Å². The van der Waals surface area contributed by atoms with Gasteiger partial charge < -0.3 is 10.7 Å². The second-order valence-corrected chi connectivity index (χ2v) is 4.47. The van der Waals surface area contributed by atoms with Crippen molar-refractivity contribution < 1.29 is 0 Å². The minimum atomic E-state index is 0.616. The molecule has 0 saturated heterocycles. The summed E-state index contributed by atoms with van der Waals surface area (Å²) in [5.41, 5.74) is 8.07. The lowest BCUT2D eigenvalue weighted by Gasteiger charge is -2.26. The number of benzene rings is 1. The molecule has 1 unspecified atom stereocenters. The maximum Gasteiger partial charge on any atom is 0.0519 e. The van der Waals surface area contributed by atoms with E-state index in [4.69, 9.17) is 5.84 Å². The van der Waals surface area contributed by atoms with Crippen LogP contribution in [0.5, 0.6) is 0 Å². The van der Waals surface area contributed by atoms with Crippen molar-refractivity contribution in [3.8, 4) is 0 Å². The molecule has 3 nitrogen and oxygen atoms in total. The fourth-order valence-electron chi connectivity index (χ4n) is 2.40. The van der Waals surface area contributed by atoms with E-state index in [2.05, 4.69) is 36.7 Å². The summed E-state index contributed by atoms with van der Waals surface area (Å²) in [5.74, 6) is 5.56. The summed E-state index contributed by atoms with van der Waals surface area (Å²) in [6.07, 6.45) is 3.31. The highest BCUT2D eigenvalue weighted by atomic mass is 15.2. The van der Waals surface area contributed by atoms with Gasteiger partial charge >= 0.3 is 0 Å². The highest BCUT2D eigenvalue weighted by Crippen LogP contribution is 2.25. The van der Waals surface area contributed by atoms with Gasteiger partial charge in [-0.3, -0.25) is 5.84 Å². The second kappa shape index (κ2) is 7.39. The molecule has 102 valence electrons. The first kappa shape index (κ1) is 15.0. The standard InChI is InChI=1S/C13H21N3.C2H6/c1-3-9-5-11-8-15-12(4-2)6-10(11)7-13(9)16-14;1-2/h5,7,12,15-16H,3-4,6,8,14H2,1-2H3;1-2H3. The monoisotopic (exact) mass is 249 g/mol. The smallest absolute Gasteiger partial charge is 0.0519 e. The van der Waals surface area contributed by atoms with E-state index in [0.29, 0.717) is 6.04 Å². The Bertz CT molecular complexity index is 374. The summed E-state index contributed by atoms with van der Waals surface area (Å²) in [6, 6.07) is 5.12. The summed E-state index contributed by atoms with van der Waals surface area (Å²) in [6.45, 7) is 9.38. The molecule has 0 aliphatic carbocycles. The third kappa shape index (κ3) is 3.24. The van der Waals surface area contributed by atoms with Gasteiger partial charge in [0.25, 0.3) is 0 Å². The van der Waals surface area contributed by atoms with E-state index < -0.39 is 0 Å². The molecule has 1 heterocycles. The maximum atomic E-state index is 5.56. The van der Waals surface area contributed by atoms with E-state index in [-0.39, 0.29) is 0 Å². The van der Waals surface area contributed by atoms with Crippen LogP contribution in [0, 0.1) is 0 Å². The van der Waals surface area contributed by atoms with Crippen LogP contribution in [0.15, 0.2) is 12.1 Å². The maximum absolute atomic E-state index is 5.56. The average molecular weight is 249 g/mol. The first-order chi connectivity index (χ1) is 8.78. The molecule has 18 heavy (non-hydrogen) atoms. The van der Waals surface area contributed by atoms with Crippen LogP contribution in [-0.4, -0.2) is 6.04 Å². The fraction of sp³-hybridized carbons (Fsp3) is 0.600. The van der Waals surface area contributed by atoms with Crippen LogP contribution >= 0.6 is 0 Å². The van der Waals surface area contributed by atoms with Crippen molar-refractivity contribution in [3.05, 3.63) is 28.8 Å². The van der Waals surface area contributed by atoms with E-state index in [1.54, 1.807) is 0 Å². The number of nitrogens with one attached hydrogen (secondary N) is 2. The Hall–Kier alpha value is -1.06. The number of aryl methyl sites for hydroxylation is 1. The topological polar surface area (TPSA) is 50.1 Å². The largest absolute Gasteiger partial charge is 0.324 e. The van der Waals surface area contributed by atoms with Crippen LogP contribution in [0.1, 0.15) is 50.8 Å². The molecule has 0 saturated carbocycles. The van der Waals surface area contributed by atoms with Gasteiger partial charge in [0.1, 0.15) is 0 Å². The van der Waals surface area contributed by atoms with Gasteiger partial charge in [-0.15, -0.1) is 0 Å². The van der Waals surface area contributed by atoms with Gasteiger partial charge in [-0.05, 0) is 42.0 Å². The van der Waals surface area contributed by atoms with Gasteiger partial charge in [0.05, 0.1) is 5.69 Å². The lowest BCUT2D eigenvalue weighted by atomic mass is 9.91. The van der Waals surface area contributed by atoms with Crippen LogP contribution < -0.4 is 16.6 Å². The molecule has 1 aliphatic rings. The Morgan fingerprint density at radius 1 is 1.28 bits per heavy atom. The van der Waals surface area contributed by atoms with Gasteiger partial charge in [0, 0.05) is 12.6 Å². The van der Waals surface area contributed by atoms with Crippen LogP contribution in [0.4, 0.5) is 5.69 Å². The molecule has 1 aromatic carbocycles. The molecule has 2 rings (SSSR count). The normalized spacial score (nSPS) is 17.5. The summed E-state index contributed by atoms with van der Waals surface area (Å²) < 4.78 is 0. The Morgan fingerprint density at radius 3 is 2.56 bits per heavy atom. The Balaban J connectivity index is 0.000000771. The van der Waals surface area contributed by atoms with Crippen molar-refractivity contribution in [2.45, 2.75) is 59.5 Å². The van der Waals surface area contributed by atoms with E-state index in [1.165, 1.54) is 23.1 Å². The number of hydrogen-bond acceptors (Lipinski definition) is 3.